The summed E-state index contributed by atoms with van der Waals surface area (Å²) in [5.41, 5.74) is 1.11. The number of carbonyl (C=O) groups excluding carboxylic acids is 1. The second-order valence-corrected chi connectivity index (χ2v) is 4.67. The fourth-order valence-electron chi connectivity index (χ4n) is 1.94. The van der Waals surface area contributed by atoms with Crippen molar-refractivity contribution in [2.24, 2.45) is 0 Å². The first-order chi connectivity index (χ1) is 8.08. The Morgan fingerprint density at radius 3 is 3.00 bits per heavy atom. The molecule has 0 unspecified atom stereocenters. The van der Waals surface area contributed by atoms with E-state index >= 15 is 0 Å². The zero-order chi connectivity index (χ0) is 12.4. The number of aromatic nitrogens is 1. The van der Waals surface area contributed by atoms with Crippen LogP contribution in [0.25, 0.3) is 0 Å². The van der Waals surface area contributed by atoms with E-state index in [1.807, 2.05) is 6.92 Å². The highest BCUT2D eigenvalue weighted by Crippen LogP contribution is 2.17. The maximum absolute atomic E-state index is 13.5. The van der Waals surface area contributed by atoms with Crippen molar-refractivity contribution in [2.75, 3.05) is 13.1 Å². The molecule has 1 saturated heterocycles. The molecule has 1 fully saturated rings. The molecule has 2 atom stereocenters. The summed E-state index contributed by atoms with van der Waals surface area (Å²) < 4.78 is 13.5. The summed E-state index contributed by atoms with van der Waals surface area (Å²) >= 11 is 5.90. The van der Waals surface area contributed by atoms with E-state index in [0.29, 0.717) is 23.7 Å². The van der Waals surface area contributed by atoms with Gasteiger partial charge >= 0.3 is 0 Å². The Kier molecular flexibility index (Phi) is 3.69. The van der Waals surface area contributed by atoms with E-state index in [0.717, 1.165) is 5.69 Å². The number of hydrogen-bond donors (Lipinski definition) is 3. The Labute approximate surface area is 104 Å². The molecular weight excluding hydrogens is 245 g/mol. The van der Waals surface area contributed by atoms with Gasteiger partial charge in [-0.05, 0) is 26.0 Å². The number of amides is 1. The molecule has 0 radical (unpaired) electrons. The first kappa shape index (κ1) is 12.4. The second-order valence-electron chi connectivity index (χ2n) is 4.26. The van der Waals surface area contributed by atoms with Crippen molar-refractivity contribution in [3.05, 3.63) is 22.5 Å². The lowest BCUT2D eigenvalue weighted by Gasteiger charge is -2.27. The number of alkyl halides is 1. The second kappa shape index (κ2) is 5.06. The van der Waals surface area contributed by atoms with Gasteiger partial charge in [0.05, 0.1) is 11.1 Å². The van der Waals surface area contributed by atoms with Gasteiger partial charge in [0.2, 0.25) is 0 Å². The van der Waals surface area contributed by atoms with E-state index in [1.165, 1.54) is 0 Å². The number of hydrogen-bond acceptors (Lipinski definition) is 2. The van der Waals surface area contributed by atoms with E-state index in [4.69, 9.17) is 11.6 Å². The lowest BCUT2D eigenvalue weighted by Crippen LogP contribution is -2.50. The standard InChI is InChI=1S/C11H15ClFN3O/c1-6-4-7(12)10(15-6)11(17)16-9-2-3-14-5-8(9)13/h4,8-9,14-15H,2-3,5H2,1H3,(H,16,17)/t8-,9-/m1/s1. The normalized spacial score (nSPS) is 24.6. The van der Waals surface area contributed by atoms with Crippen LogP contribution < -0.4 is 10.6 Å². The third kappa shape index (κ3) is 2.79. The van der Waals surface area contributed by atoms with E-state index < -0.39 is 12.2 Å². The molecule has 17 heavy (non-hydrogen) atoms. The number of halogens is 2. The number of piperidine rings is 1. The number of carbonyl (C=O) groups is 1. The molecule has 1 aromatic rings. The summed E-state index contributed by atoms with van der Waals surface area (Å²) in [6, 6.07) is 1.23. The topological polar surface area (TPSA) is 56.9 Å². The van der Waals surface area contributed by atoms with Crippen LogP contribution in [0.1, 0.15) is 22.6 Å². The number of rotatable bonds is 2. The number of aryl methyl sites for hydroxylation is 1. The molecule has 0 aliphatic carbocycles. The van der Waals surface area contributed by atoms with Gasteiger partial charge in [-0.3, -0.25) is 4.79 Å². The lowest BCUT2D eigenvalue weighted by atomic mass is 10.0. The first-order valence-corrected chi connectivity index (χ1v) is 5.96. The van der Waals surface area contributed by atoms with Gasteiger partial charge in [0.1, 0.15) is 11.9 Å². The van der Waals surface area contributed by atoms with Crippen LogP contribution in [-0.4, -0.2) is 36.2 Å². The average Bonchev–Trinajstić information content (AvgIpc) is 2.61. The Balaban J connectivity index is 2.03. The van der Waals surface area contributed by atoms with Crippen molar-refractivity contribution in [3.63, 3.8) is 0 Å². The Hall–Kier alpha value is -1.07. The summed E-state index contributed by atoms with van der Waals surface area (Å²) in [6.45, 7) is 2.80. The number of nitrogens with one attached hydrogen (secondary N) is 3. The fourth-order valence-corrected chi connectivity index (χ4v) is 2.24. The predicted octanol–water partition coefficient (Wildman–Crippen LogP) is 1.41. The highest BCUT2D eigenvalue weighted by atomic mass is 35.5. The van der Waals surface area contributed by atoms with Gasteiger partial charge in [-0.1, -0.05) is 11.6 Å². The minimum Gasteiger partial charge on any atom is -0.353 e. The minimum absolute atomic E-state index is 0.280. The molecule has 1 amide bonds. The molecule has 2 heterocycles. The smallest absolute Gasteiger partial charge is 0.269 e. The van der Waals surface area contributed by atoms with Gasteiger partial charge in [-0.15, -0.1) is 0 Å². The molecular formula is C11H15ClFN3O. The van der Waals surface area contributed by atoms with Gasteiger partial charge in [0.15, 0.2) is 0 Å². The summed E-state index contributed by atoms with van der Waals surface area (Å²) in [6.07, 6.45) is -0.466. The monoisotopic (exact) mass is 259 g/mol. The van der Waals surface area contributed by atoms with Crippen molar-refractivity contribution < 1.29 is 9.18 Å². The van der Waals surface area contributed by atoms with Crippen molar-refractivity contribution in [1.29, 1.82) is 0 Å². The van der Waals surface area contributed by atoms with Gasteiger partial charge in [-0.2, -0.15) is 0 Å². The van der Waals surface area contributed by atoms with Gasteiger partial charge in [0.25, 0.3) is 5.91 Å². The van der Waals surface area contributed by atoms with E-state index in [9.17, 15) is 9.18 Å². The van der Waals surface area contributed by atoms with E-state index in [1.54, 1.807) is 6.07 Å². The minimum atomic E-state index is -1.05. The number of H-pyrrole nitrogens is 1. The van der Waals surface area contributed by atoms with Crippen LogP contribution in [0.2, 0.25) is 5.02 Å². The quantitative estimate of drug-likeness (QED) is 0.752. The Morgan fingerprint density at radius 2 is 2.41 bits per heavy atom. The average molecular weight is 260 g/mol. The van der Waals surface area contributed by atoms with E-state index in [-0.39, 0.29) is 12.5 Å². The molecule has 94 valence electrons. The van der Waals surface area contributed by atoms with Gasteiger partial charge < -0.3 is 15.6 Å². The number of aromatic amines is 1. The predicted molar refractivity (Wildman–Crippen MR) is 64.2 cm³/mol. The molecule has 3 N–H and O–H groups in total. The third-order valence-corrected chi connectivity index (χ3v) is 3.15. The van der Waals surface area contributed by atoms with Crippen LogP contribution in [0, 0.1) is 6.92 Å². The Morgan fingerprint density at radius 1 is 1.65 bits per heavy atom. The van der Waals surface area contributed by atoms with Crippen LogP contribution in [0.4, 0.5) is 4.39 Å². The zero-order valence-electron chi connectivity index (χ0n) is 9.52. The van der Waals surface area contributed by atoms with E-state index in [2.05, 4.69) is 15.6 Å². The SMILES string of the molecule is Cc1cc(Cl)c(C(=O)N[C@@H]2CCNC[C@H]2F)[nH]1. The van der Waals surface area contributed by atoms with Gasteiger partial charge in [-0.25, -0.2) is 4.39 Å². The summed E-state index contributed by atoms with van der Waals surface area (Å²) in [5.74, 6) is -0.349. The van der Waals surface area contributed by atoms with Crippen molar-refractivity contribution >= 4 is 17.5 Å². The lowest BCUT2D eigenvalue weighted by molar-refractivity contribution is 0.0888. The highest BCUT2D eigenvalue weighted by Gasteiger charge is 2.27. The molecule has 4 nitrogen and oxygen atoms in total. The van der Waals surface area contributed by atoms with Crippen LogP contribution in [0.15, 0.2) is 6.07 Å². The fraction of sp³-hybridized carbons (Fsp3) is 0.545. The van der Waals surface area contributed by atoms with Crippen molar-refractivity contribution in [1.82, 2.24) is 15.6 Å². The maximum atomic E-state index is 13.5. The molecule has 0 aromatic carbocycles. The first-order valence-electron chi connectivity index (χ1n) is 5.58. The third-order valence-electron chi connectivity index (χ3n) is 2.86. The van der Waals surface area contributed by atoms with Crippen molar-refractivity contribution in [2.45, 2.75) is 25.6 Å². The van der Waals surface area contributed by atoms with Crippen LogP contribution in [-0.2, 0) is 0 Å². The summed E-state index contributed by atoms with van der Waals surface area (Å²) in [4.78, 5) is 14.7. The molecule has 0 saturated carbocycles. The zero-order valence-corrected chi connectivity index (χ0v) is 10.3. The molecule has 2 rings (SSSR count). The molecule has 0 bridgehead atoms. The molecule has 6 heteroatoms. The molecule has 1 aromatic heterocycles. The summed E-state index contributed by atoms with van der Waals surface area (Å²) in [5, 5.41) is 5.97. The van der Waals surface area contributed by atoms with Gasteiger partial charge in [0, 0.05) is 12.2 Å². The molecule has 1 aliphatic heterocycles. The van der Waals surface area contributed by atoms with Crippen LogP contribution in [0.5, 0.6) is 0 Å². The van der Waals surface area contributed by atoms with Crippen LogP contribution >= 0.6 is 11.6 Å². The van der Waals surface area contributed by atoms with Crippen molar-refractivity contribution in [3.8, 4) is 0 Å². The molecule has 1 aliphatic rings. The highest BCUT2D eigenvalue weighted by molar-refractivity contribution is 6.33. The largest absolute Gasteiger partial charge is 0.353 e. The maximum Gasteiger partial charge on any atom is 0.269 e. The van der Waals surface area contributed by atoms with Crippen LogP contribution in [0.3, 0.4) is 0 Å². The summed E-state index contributed by atoms with van der Waals surface area (Å²) in [7, 11) is 0. The molecule has 0 spiro atoms. The Bertz CT molecular complexity index is 421.